The van der Waals surface area contributed by atoms with Crippen molar-refractivity contribution in [2.24, 2.45) is 0 Å². The molecule has 2 atom stereocenters. The van der Waals surface area contributed by atoms with Gasteiger partial charge in [0.05, 0.1) is 11.5 Å². The van der Waals surface area contributed by atoms with E-state index in [1.807, 2.05) is 4.90 Å². The second kappa shape index (κ2) is 10.3. The van der Waals surface area contributed by atoms with Crippen LogP contribution in [0.2, 0.25) is 0 Å². The number of aryl methyl sites for hydroxylation is 1. The number of aliphatic hydroxyl groups excluding tert-OH is 1. The molecule has 4 rings (SSSR count). The number of nitrogens with zero attached hydrogens (tertiary/aromatic N) is 3. The monoisotopic (exact) mass is 525 g/mol. The molecule has 2 aliphatic heterocycles. The molecule has 2 amide bonds. The minimum atomic E-state index is -4.41. The molecule has 2 aliphatic rings. The zero-order valence-electron chi connectivity index (χ0n) is 20.4. The van der Waals surface area contributed by atoms with Gasteiger partial charge in [0.2, 0.25) is 0 Å². The van der Waals surface area contributed by atoms with Crippen molar-refractivity contribution in [1.29, 1.82) is 0 Å². The molecule has 0 aromatic carbocycles. The Morgan fingerprint density at radius 2 is 1.89 bits per heavy atom. The standard InChI is InChI=1S/C24H30F3N5O3S/c1-4-17(24(25,26)27)30-18-9-12(2)16(10-28-18)20-19(23(35)32-14-5-6-15(32)8-7-14)31-22(36-20)21(34)29-13(3)11-33/h9-10,13-15,17,33H,4-8,11H2,1-3H3,(H,28,30)(H,29,34)/t13-,14?,15?,17+/m1/s1. The summed E-state index contributed by atoms with van der Waals surface area (Å²) in [6, 6.07) is -0.409. The number of halogens is 3. The fourth-order valence-corrected chi connectivity index (χ4v) is 5.94. The first-order valence-electron chi connectivity index (χ1n) is 12.1. The maximum absolute atomic E-state index is 13.6. The van der Waals surface area contributed by atoms with E-state index in [-0.39, 0.29) is 47.5 Å². The summed E-state index contributed by atoms with van der Waals surface area (Å²) in [5.74, 6) is -0.679. The molecule has 36 heavy (non-hydrogen) atoms. The van der Waals surface area contributed by atoms with Crippen LogP contribution in [0.5, 0.6) is 0 Å². The summed E-state index contributed by atoms with van der Waals surface area (Å²) in [4.78, 5) is 37.3. The Morgan fingerprint density at radius 3 is 2.42 bits per heavy atom. The first-order valence-corrected chi connectivity index (χ1v) is 12.9. The van der Waals surface area contributed by atoms with Crippen molar-refractivity contribution in [1.82, 2.24) is 20.2 Å². The Hall–Kier alpha value is -2.73. The Labute approximate surface area is 211 Å². The smallest absolute Gasteiger partial charge is 0.394 e. The van der Waals surface area contributed by atoms with Gasteiger partial charge in [0.15, 0.2) is 5.01 Å². The average molecular weight is 526 g/mol. The molecule has 0 unspecified atom stereocenters. The van der Waals surface area contributed by atoms with Gasteiger partial charge in [-0.15, -0.1) is 11.3 Å². The lowest BCUT2D eigenvalue weighted by Gasteiger charge is -2.22. The van der Waals surface area contributed by atoms with E-state index < -0.39 is 24.2 Å². The number of thiazole rings is 1. The Morgan fingerprint density at radius 1 is 1.25 bits per heavy atom. The second-order valence-electron chi connectivity index (χ2n) is 9.46. The van der Waals surface area contributed by atoms with E-state index in [1.165, 1.54) is 19.2 Å². The highest BCUT2D eigenvalue weighted by molar-refractivity contribution is 7.17. The lowest BCUT2D eigenvalue weighted by Crippen LogP contribution is -2.36. The fraction of sp³-hybridized carbons (Fsp3) is 0.583. The summed E-state index contributed by atoms with van der Waals surface area (Å²) in [7, 11) is 0. The normalized spacial score (nSPS) is 20.9. The van der Waals surface area contributed by atoms with Crippen molar-refractivity contribution in [2.45, 2.75) is 83.2 Å². The topological polar surface area (TPSA) is 107 Å². The molecule has 3 N–H and O–H groups in total. The largest absolute Gasteiger partial charge is 0.408 e. The quantitative estimate of drug-likeness (QED) is 0.478. The van der Waals surface area contributed by atoms with Gasteiger partial charge in [-0.25, -0.2) is 9.97 Å². The molecule has 2 bridgehead atoms. The lowest BCUT2D eigenvalue weighted by molar-refractivity contribution is -0.142. The van der Waals surface area contributed by atoms with Crippen LogP contribution in [0.15, 0.2) is 12.3 Å². The zero-order chi connectivity index (χ0) is 26.2. The molecule has 0 spiro atoms. The molecule has 2 saturated heterocycles. The summed E-state index contributed by atoms with van der Waals surface area (Å²) < 4.78 is 39.6. The van der Waals surface area contributed by atoms with E-state index in [0.717, 1.165) is 37.0 Å². The number of pyridine rings is 1. The number of hydrogen-bond donors (Lipinski definition) is 3. The number of alkyl halides is 3. The SMILES string of the molecule is CC[C@H](Nc1cc(C)c(-c2sc(C(=O)N[C@H](C)CO)nc2C(=O)N2C3CCC2CC3)cn1)C(F)(F)F. The predicted molar refractivity (Wildman–Crippen MR) is 130 cm³/mol. The van der Waals surface area contributed by atoms with E-state index in [4.69, 9.17) is 0 Å². The molecular weight excluding hydrogens is 495 g/mol. The first-order chi connectivity index (χ1) is 17.0. The molecule has 12 heteroatoms. The van der Waals surface area contributed by atoms with E-state index >= 15 is 0 Å². The van der Waals surface area contributed by atoms with Gasteiger partial charge < -0.3 is 20.6 Å². The number of rotatable bonds is 8. The number of aromatic nitrogens is 2. The maximum Gasteiger partial charge on any atom is 0.408 e. The summed E-state index contributed by atoms with van der Waals surface area (Å²) in [6.45, 7) is 4.56. The first kappa shape index (κ1) is 26.3. The highest BCUT2D eigenvalue weighted by Gasteiger charge is 2.44. The van der Waals surface area contributed by atoms with Crippen LogP contribution in [0.1, 0.15) is 71.8 Å². The number of nitrogens with one attached hydrogen (secondary N) is 2. The molecule has 0 radical (unpaired) electrons. The summed E-state index contributed by atoms with van der Waals surface area (Å²) in [5, 5.41) is 14.4. The van der Waals surface area contributed by atoms with E-state index in [0.29, 0.717) is 16.0 Å². The van der Waals surface area contributed by atoms with Crippen molar-refractivity contribution < 1.29 is 27.9 Å². The minimum Gasteiger partial charge on any atom is -0.394 e. The molecule has 2 aromatic rings. The highest BCUT2D eigenvalue weighted by atomic mass is 32.1. The fourth-order valence-electron chi connectivity index (χ4n) is 4.91. The van der Waals surface area contributed by atoms with Crippen molar-refractivity contribution in [3.05, 3.63) is 28.5 Å². The van der Waals surface area contributed by atoms with Crippen molar-refractivity contribution >= 4 is 29.0 Å². The average Bonchev–Trinajstić information content (AvgIpc) is 3.56. The van der Waals surface area contributed by atoms with Crippen LogP contribution in [0.25, 0.3) is 10.4 Å². The van der Waals surface area contributed by atoms with Gasteiger partial charge in [-0.05, 0) is 57.6 Å². The van der Waals surface area contributed by atoms with E-state index in [9.17, 15) is 27.9 Å². The third kappa shape index (κ3) is 5.19. The van der Waals surface area contributed by atoms with Crippen LogP contribution in [0.4, 0.5) is 19.0 Å². The van der Waals surface area contributed by atoms with Crippen LogP contribution < -0.4 is 10.6 Å². The van der Waals surface area contributed by atoms with Gasteiger partial charge in [0.1, 0.15) is 17.6 Å². The Kier molecular flexibility index (Phi) is 7.56. The van der Waals surface area contributed by atoms with Crippen molar-refractivity contribution in [3.63, 3.8) is 0 Å². The van der Waals surface area contributed by atoms with Gasteiger partial charge in [-0.1, -0.05) is 6.92 Å². The number of anilines is 1. The molecule has 8 nitrogen and oxygen atoms in total. The second-order valence-corrected chi connectivity index (χ2v) is 10.5. The van der Waals surface area contributed by atoms with Gasteiger partial charge in [0, 0.05) is 29.9 Å². The maximum atomic E-state index is 13.6. The number of carbonyl (C=O) groups is 2. The number of amides is 2. The molecule has 0 aliphatic carbocycles. The molecular formula is C24H30F3N5O3S. The predicted octanol–water partition coefficient (Wildman–Crippen LogP) is 4.14. The number of aliphatic hydroxyl groups is 1. The van der Waals surface area contributed by atoms with Crippen LogP contribution >= 0.6 is 11.3 Å². The Balaban J connectivity index is 1.70. The van der Waals surface area contributed by atoms with Crippen LogP contribution in [0.3, 0.4) is 0 Å². The molecule has 2 aromatic heterocycles. The van der Waals surface area contributed by atoms with E-state index in [1.54, 1.807) is 13.8 Å². The molecule has 0 saturated carbocycles. The summed E-state index contributed by atoms with van der Waals surface area (Å²) in [5.41, 5.74) is 1.28. The zero-order valence-corrected chi connectivity index (χ0v) is 21.2. The lowest BCUT2D eigenvalue weighted by atomic mass is 10.0. The molecule has 4 heterocycles. The van der Waals surface area contributed by atoms with Crippen LogP contribution in [-0.4, -0.2) is 68.7 Å². The highest BCUT2D eigenvalue weighted by Crippen LogP contribution is 2.41. The van der Waals surface area contributed by atoms with Gasteiger partial charge in [0.25, 0.3) is 11.8 Å². The number of fused-ring (bicyclic) bond motifs is 2. The van der Waals surface area contributed by atoms with Gasteiger partial charge >= 0.3 is 6.18 Å². The summed E-state index contributed by atoms with van der Waals surface area (Å²) >= 11 is 1.03. The van der Waals surface area contributed by atoms with Crippen molar-refractivity contribution in [3.8, 4) is 10.4 Å². The number of carbonyl (C=O) groups excluding carboxylic acids is 2. The van der Waals surface area contributed by atoms with E-state index in [2.05, 4.69) is 20.6 Å². The van der Waals surface area contributed by atoms with Gasteiger partial charge in [-0.3, -0.25) is 9.59 Å². The molecule has 196 valence electrons. The molecule has 2 fully saturated rings. The minimum absolute atomic E-state index is 0.0740. The van der Waals surface area contributed by atoms with Crippen molar-refractivity contribution in [2.75, 3.05) is 11.9 Å². The number of hydrogen-bond acceptors (Lipinski definition) is 7. The Bertz CT molecular complexity index is 1120. The third-order valence-corrected chi connectivity index (χ3v) is 7.93. The third-order valence-electron chi connectivity index (χ3n) is 6.84. The van der Waals surface area contributed by atoms with Crippen LogP contribution in [-0.2, 0) is 0 Å². The van der Waals surface area contributed by atoms with Crippen LogP contribution in [0, 0.1) is 6.92 Å². The van der Waals surface area contributed by atoms with Gasteiger partial charge in [-0.2, -0.15) is 13.2 Å². The summed E-state index contributed by atoms with van der Waals surface area (Å²) in [6.07, 6.45) is 0.616.